The number of nitrogen functional groups attached to an aromatic ring is 1. The Kier molecular flexibility index (Phi) is 4.06. The van der Waals surface area contributed by atoms with E-state index in [1.165, 1.54) is 19.2 Å². The number of aliphatic hydroxyl groups excluding tert-OH is 1. The first-order valence-corrected chi connectivity index (χ1v) is 4.76. The molecule has 0 aromatic heterocycles. The topological polar surface area (TPSA) is 67.5 Å². The summed E-state index contributed by atoms with van der Waals surface area (Å²) in [5.41, 5.74) is 6.15. The Hall–Kier alpha value is -1.63. The second kappa shape index (κ2) is 5.13. The lowest BCUT2D eigenvalue weighted by molar-refractivity contribution is -0.198. The smallest absolute Gasteiger partial charge is 0.416 e. The first-order chi connectivity index (χ1) is 7.84. The number of ether oxygens (including phenoxy) is 1. The van der Waals surface area contributed by atoms with Crippen molar-refractivity contribution in [3.63, 3.8) is 0 Å². The van der Waals surface area contributed by atoms with Gasteiger partial charge in [0.15, 0.2) is 6.10 Å². The summed E-state index contributed by atoms with van der Waals surface area (Å²) < 4.78 is 41.0. The highest BCUT2D eigenvalue weighted by molar-refractivity contribution is 5.68. The Morgan fingerprint density at radius 1 is 1.47 bits per heavy atom. The van der Waals surface area contributed by atoms with Crippen LogP contribution in [0, 0.1) is 0 Å². The lowest BCUT2D eigenvalue weighted by atomic mass is 10.2. The summed E-state index contributed by atoms with van der Waals surface area (Å²) in [5.74, 6) is 0.504. The summed E-state index contributed by atoms with van der Waals surface area (Å²) in [4.78, 5) is 0. The fraction of sp³-hybridized carbons (Fsp3) is 0.400. The molecule has 0 saturated heterocycles. The largest absolute Gasteiger partial charge is 0.497 e. The average molecular weight is 250 g/mol. The normalized spacial score (nSPS) is 13.2. The van der Waals surface area contributed by atoms with Gasteiger partial charge < -0.3 is 20.9 Å². The zero-order chi connectivity index (χ0) is 13.1. The quantitative estimate of drug-likeness (QED) is 0.710. The highest BCUT2D eigenvalue weighted by Crippen LogP contribution is 2.25. The Bertz CT molecular complexity index is 382. The Balaban J connectivity index is 2.64. The van der Waals surface area contributed by atoms with E-state index in [1.54, 1.807) is 6.07 Å². The molecule has 1 aromatic carbocycles. The summed E-state index contributed by atoms with van der Waals surface area (Å²) in [6.45, 7) is -0.653. The van der Waals surface area contributed by atoms with E-state index >= 15 is 0 Å². The van der Waals surface area contributed by atoms with E-state index in [0.717, 1.165) is 0 Å². The monoisotopic (exact) mass is 250 g/mol. The molecule has 1 rings (SSSR count). The minimum atomic E-state index is -4.64. The second-order valence-electron chi connectivity index (χ2n) is 3.39. The summed E-state index contributed by atoms with van der Waals surface area (Å²) in [7, 11) is 1.45. The molecule has 1 unspecified atom stereocenters. The van der Waals surface area contributed by atoms with Crippen LogP contribution in [0.2, 0.25) is 0 Å². The molecule has 4 N–H and O–H groups in total. The van der Waals surface area contributed by atoms with Crippen molar-refractivity contribution < 1.29 is 23.0 Å². The molecule has 1 aromatic rings. The van der Waals surface area contributed by atoms with Crippen LogP contribution in [0.3, 0.4) is 0 Å². The van der Waals surface area contributed by atoms with Gasteiger partial charge >= 0.3 is 6.18 Å². The molecule has 0 spiro atoms. The molecule has 0 radical (unpaired) electrons. The van der Waals surface area contributed by atoms with E-state index in [1.807, 2.05) is 0 Å². The number of benzene rings is 1. The van der Waals surface area contributed by atoms with Crippen molar-refractivity contribution >= 4 is 11.4 Å². The molecule has 0 heterocycles. The van der Waals surface area contributed by atoms with Gasteiger partial charge in [-0.05, 0) is 12.1 Å². The molecule has 0 bridgehead atoms. The molecule has 4 nitrogen and oxygen atoms in total. The van der Waals surface area contributed by atoms with Crippen LogP contribution in [0.1, 0.15) is 0 Å². The third-order valence-electron chi connectivity index (χ3n) is 2.12. The maximum absolute atomic E-state index is 12.0. The highest BCUT2D eigenvalue weighted by Gasteiger charge is 2.37. The third kappa shape index (κ3) is 3.70. The maximum atomic E-state index is 12.0. The molecule has 0 aliphatic heterocycles. The van der Waals surface area contributed by atoms with E-state index < -0.39 is 18.8 Å². The van der Waals surface area contributed by atoms with Crippen molar-refractivity contribution in [2.24, 2.45) is 0 Å². The number of rotatable bonds is 4. The molecule has 0 aliphatic carbocycles. The van der Waals surface area contributed by atoms with E-state index in [9.17, 15) is 13.2 Å². The molecule has 7 heteroatoms. The lowest BCUT2D eigenvalue weighted by Crippen LogP contribution is -2.35. The van der Waals surface area contributed by atoms with Crippen molar-refractivity contribution in [2.45, 2.75) is 12.3 Å². The van der Waals surface area contributed by atoms with Gasteiger partial charge in [-0.3, -0.25) is 0 Å². The Morgan fingerprint density at radius 3 is 2.59 bits per heavy atom. The number of halogens is 3. The van der Waals surface area contributed by atoms with Gasteiger partial charge in [0.1, 0.15) is 5.75 Å². The van der Waals surface area contributed by atoms with Gasteiger partial charge in [0.25, 0.3) is 0 Å². The summed E-state index contributed by atoms with van der Waals surface area (Å²) in [5, 5.41) is 11.2. The third-order valence-corrected chi connectivity index (χ3v) is 2.12. The number of nitrogens with two attached hydrogens (primary N) is 1. The van der Waals surface area contributed by atoms with Crippen LogP contribution in [-0.4, -0.2) is 31.0 Å². The molecule has 1 atom stereocenters. The van der Waals surface area contributed by atoms with Gasteiger partial charge in [0.05, 0.1) is 18.5 Å². The van der Waals surface area contributed by atoms with E-state index in [-0.39, 0.29) is 5.69 Å². The van der Waals surface area contributed by atoms with E-state index in [0.29, 0.717) is 11.4 Å². The summed E-state index contributed by atoms with van der Waals surface area (Å²) in [6, 6.07) is 4.51. The number of hydrogen-bond donors (Lipinski definition) is 3. The van der Waals surface area contributed by atoms with Gasteiger partial charge in [0, 0.05) is 12.6 Å². The first-order valence-electron chi connectivity index (χ1n) is 4.76. The van der Waals surface area contributed by atoms with Crippen LogP contribution < -0.4 is 15.8 Å². The minimum Gasteiger partial charge on any atom is -0.497 e. The predicted molar refractivity (Wildman–Crippen MR) is 58.0 cm³/mol. The zero-order valence-electron chi connectivity index (χ0n) is 9.08. The van der Waals surface area contributed by atoms with Crippen molar-refractivity contribution in [3.8, 4) is 5.75 Å². The van der Waals surface area contributed by atoms with Gasteiger partial charge in [0.2, 0.25) is 0 Å². The van der Waals surface area contributed by atoms with E-state index in [2.05, 4.69) is 5.32 Å². The van der Waals surface area contributed by atoms with Gasteiger partial charge in [-0.1, -0.05) is 0 Å². The predicted octanol–water partition coefficient (Wildman–Crippen LogP) is 1.61. The number of methoxy groups -OCH3 is 1. The molecule has 0 fully saturated rings. The van der Waals surface area contributed by atoms with Crippen molar-refractivity contribution in [1.82, 2.24) is 0 Å². The SMILES string of the molecule is COc1ccc(NCC(O)C(F)(F)F)c(N)c1. The summed E-state index contributed by atoms with van der Waals surface area (Å²) >= 11 is 0. The average Bonchev–Trinajstić information content (AvgIpc) is 2.25. The molecule has 17 heavy (non-hydrogen) atoms. The number of alkyl halides is 3. The first kappa shape index (κ1) is 13.4. The number of nitrogens with one attached hydrogen (secondary N) is 1. The molecule has 0 saturated carbocycles. The van der Waals surface area contributed by atoms with Crippen LogP contribution >= 0.6 is 0 Å². The fourth-order valence-corrected chi connectivity index (χ4v) is 1.15. The number of hydrogen-bond acceptors (Lipinski definition) is 4. The summed E-state index contributed by atoms with van der Waals surface area (Å²) in [6.07, 6.45) is -7.07. The second-order valence-corrected chi connectivity index (χ2v) is 3.39. The van der Waals surface area contributed by atoms with Gasteiger partial charge in [-0.15, -0.1) is 0 Å². The van der Waals surface area contributed by atoms with Crippen LogP contribution in [0.5, 0.6) is 5.75 Å². The van der Waals surface area contributed by atoms with Crippen LogP contribution in [0.15, 0.2) is 18.2 Å². The zero-order valence-corrected chi connectivity index (χ0v) is 9.08. The molecule has 0 aliphatic rings. The van der Waals surface area contributed by atoms with E-state index in [4.69, 9.17) is 15.6 Å². The highest BCUT2D eigenvalue weighted by atomic mass is 19.4. The maximum Gasteiger partial charge on any atom is 0.416 e. The molecular weight excluding hydrogens is 237 g/mol. The molecular formula is C10H13F3N2O2. The molecule has 96 valence electrons. The lowest BCUT2D eigenvalue weighted by Gasteiger charge is -2.16. The van der Waals surface area contributed by atoms with Crippen LogP contribution in [-0.2, 0) is 0 Å². The minimum absolute atomic E-state index is 0.249. The van der Waals surface area contributed by atoms with Crippen LogP contribution in [0.25, 0.3) is 0 Å². The fourth-order valence-electron chi connectivity index (χ4n) is 1.15. The molecule has 0 amide bonds. The number of aliphatic hydroxyl groups is 1. The van der Waals surface area contributed by atoms with Gasteiger partial charge in [-0.2, -0.15) is 13.2 Å². The van der Waals surface area contributed by atoms with Gasteiger partial charge in [-0.25, -0.2) is 0 Å². The number of anilines is 2. The van der Waals surface area contributed by atoms with Crippen LogP contribution in [0.4, 0.5) is 24.5 Å². The standard InChI is InChI=1S/C10H13F3N2O2/c1-17-6-2-3-8(7(14)4-6)15-5-9(16)10(11,12)13/h2-4,9,15-16H,5,14H2,1H3. The van der Waals surface area contributed by atoms with Crippen molar-refractivity contribution in [3.05, 3.63) is 18.2 Å². The Morgan fingerprint density at radius 2 is 2.12 bits per heavy atom. The van der Waals surface area contributed by atoms with Crippen molar-refractivity contribution in [2.75, 3.05) is 24.7 Å². The van der Waals surface area contributed by atoms with Crippen molar-refractivity contribution in [1.29, 1.82) is 0 Å². The Labute approximate surface area is 96.2 Å².